The highest BCUT2D eigenvalue weighted by atomic mass is 32.2. The molecule has 7 heteroatoms. The SMILES string of the molecule is CSc1ccc(NC(=O)COc2ccc([N+](=O)[O-])cc2)cc1. The number of nitrogens with zero attached hydrogens (tertiary/aromatic N) is 1. The smallest absolute Gasteiger partial charge is 0.269 e. The Morgan fingerprint density at radius 1 is 1.18 bits per heavy atom. The van der Waals surface area contributed by atoms with Crippen LogP contribution in [0.4, 0.5) is 11.4 Å². The molecule has 0 aliphatic heterocycles. The number of hydrogen-bond donors (Lipinski definition) is 1. The number of hydrogen-bond acceptors (Lipinski definition) is 5. The van der Waals surface area contributed by atoms with E-state index in [0.29, 0.717) is 11.4 Å². The molecule has 6 nitrogen and oxygen atoms in total. The molecule has 0 heterocycles. The molecule has 0 saturated heterocycles. The number of anilines is 1. The van der Waals surface area contributed by atoms with Crippen LogP contribution in [0, 0.1) is 10.1 Å². The van der Waals surface area contributed by atoms with Crippen molar-refractivity contribution in [2.24, 2.45) is 0 Å². The van der Waals surface area contributed by atoms with Crippen molar-refractivity contribution >= 4 is 29.0 Å². The van der Waals surface area contributed by atoms with Gasteiger partial charge < -0.3 is 10.1 Å². The molecule has 0 aliphatic rings. The Bertz CT molecular complexity index is 656. The maximum Gasteiger partial charge on any atom is 0.269 e. The van der Waals surface area contributed by atoms with Gasteiger partial charge in [0, 0.05) is 22.7 Å². The first-order chi connectivity index (χ1) is 10.6. The number of rotatable bonds is 6. The maximum absolute atomic E-state index is 11.8. The van der Waals surface area contributed by atoms with E-state index < -0.39 is 4.92 Å². The van der Waals surface area contributed by atoms with Gasteiger partial charge in [-0.15, -0.1) is 11.8 Å². The lowest BCUT2D eigenvalue weighted by Crippen LogP contribution is -2.20. The molecule has 0 bridgehead atoms. The Labute approximate surface area is 131 Å². The number of nitro benzene ring substituents is 1. The number of nitrogens with one attached hydrogen (secondary N) is 1. The fraction of sp³-hybridized carbons (Fsp3) is 0.133. The van der Waals surface area contributed by atoms with Gasteiger partial charge in [-0.2, -0.15) is 0 Å². The predicted molar refractivity (Wildman–Crippen MR) is 85.4 cm³/mol. The molecular weight excluding hydrogens is 304 g/mol. The van der Waals surface area contributed by atoms with Gasteiger partial charge in [-0.05, 0) is 42.7 Å². The van der Waals surface area contributed by atoms with Crippen LogP contribution in [-0.2, 0) is 4.79 Å². The molecule has 1 N–H and O–H groups in total. The van der Waals surface area contributed by atoms with Crippen LogP contribution in [0.15, 0.2) is 53.4 Å². The van der Waals surface area contributed by atoms with Gasteiger partial charge in [0.2, 0.25) is 0 Å². The number of benzene rings is 2. The van der Waals surface area contributed by atoms with Crippen molar-refractivity contribution in [3.8, 4) is 5.75 Å². The van der Waals surface area contributed by atoms with Gasteiger partial charge in [0.15, 0.2) is 6.61 Å². The lowest BCUT2D eigenvalue weighted by Gasteiger charge is -2.07. The van der Waals surface area contributed by atoms with E-state index in [1.807, 2.05) is 30.5 Å². The van der Waals surface area contributed by atoms with E-state index in [2.05, 4.69) is 5.32 Å². The highest BCUT2D eigenvalue weighted by Crippen LogP contribution is 2.18. The van der Waals surface area contributed by atoms with Gasteiger partial charge in [-0.1, -0.05) is 0 Å². The Morgan fingerprint density at radius 2 is 1.82 bits per heavy atom. The summed E-state index contributed by atoms with van der Waals surface area (Å²) in [6.07, 6.45) is 1.98. The first-order valence-electron chi connectivity index (χ1n) is 6.39. The average Bonchev–Trinajstić information content (AvgIpc) is 2.54. The zero-order chi connectivity index (χ0) is 15.9. The number of ether oxygens (including phenoxy) is 1. The molecule has 114 valence electrons. The van der Waals surface area contributed by atoms with Gasteiger partial charge in [0.05, 0.1) is 4.92 Å². The van der Waals surface area contributed by atoms with Crippen LogP contribution in [0.5, 0.6) is 5.75 Å². The standard InChI is InChI=1S/C15H14N2O4S/c1-22-14-8-2-11(3-9-14)16-15(18)10-21-13-6-4-12(5-7-13)17(19)20/h2-9H,10H2,1H3,(H,16,18). The third kappa shape index (κ3) is 4.49. The van der Waals surface area contributed by atoms with Crippen molar-refractivity contribution in [2.75, 3.05) is 18.2 Å². The molecule has 0 aliphatic carbocycles. The summed E-state index contributed by atoms with van der Waals surface area (Å²) in [7, 11) is 0. The highest BCUT2D eigenvalue weighted by molar-refractivity contribution is 7.98. The van der Waals surface area contributed by atoms with Crippen LogP contribution in [0.1, 0.15) is 0 Å². The van der Waals surface area contributed by atoms with Crippen LogP contribution in [0.25, 0.3) is 0 Å². The second-order valence-electron chi connectivity index (χ2n) is 4.32. The van der Waals surface area contributed by atoms with Gasteiger partial charge >= 0.3 is 0 Å². The van der Waals surface area contributed by atoms with E-state index in [4.69, 9.17) is 4.74 Å². The van der Waals surface area contributed by atoms with Crippen molar-refractivity contribution in [3.63, 3.8) is 0 Å². The Kier molecular flexibility index (Phi) is 5.37. The second-order valence-corrected chi connectivity index (χ2v) is 5.20. The first-order valence-corrected chi connectivity index (χ1v) is 7.62. The second kappa shape index (κ2) is 7.46. The summed E-state index contributed by atoms with van der Waals surface area (Å²) in [5, 5.41) is 13.2. The molecule has 1 amide bonds. The molecule has 2 aromatic rings. The molecule has 0 radical (unpaired) electrons. The van der Waals surface area contributed by atoms with Crippen molar-refractivity contribution in [1.82, 2.24) is 0 Å². The van der Waals surface area contributed by atoms with E-state index in [0.717, 1.165) is 4.90 Å². The minimum Gasteiger partial charge on any atom is -0.484 e. The lowest BCUT2D eigenvalue weighted by atomic mass is 10.3. The molecule has 0 unspecified atom stereocenters. The molecule has 0 fully saturated rings. The third-order valence-electron chi connectivity index (χ3n) is 2.79. The summed E-state index contributed by atoms with van der Waals surface area (Å²) in [5.74, 6) is 0.105. The highest BCUT2D eigenvalue weighted by Gasteiger charge is 2.07. The fourth-order valence-electron chi connectivity index (χ4n) is 1.68. The van der Waals surface area contributed by atoms with Crippen molar-refractivity contribution in [3.05, 3.63) is 58.6 Å². The van der Waals surface area contributed by atoms with Crippen molar-refractivity contribution in [1.29, 1.82) is 0 Å². The maximum atomic E-state index is 11.8. The molecule has 0 aromatic heterocycles. The summed E-state index contributed by atoms with van der Waals surface area (Å²) in [6, 6.07) is 13.0. The molecule has 2 aromatic carbocycles. The number of amides is 1. The summed E-state index contributed by atoms with van der Waals surface area (Å²) in [6.45, 7) is -0.165. The Balaban J connectivity index is 1.85. The first kappa shape index (κ1) is 15.8. The summed E-state index contributed by atoms with van der Waals surface area (Å²) >= 11 is 1.62. The van der Waals surface area contributed by atoms with E-state index in [1.165, 1.54) is 24.3 Å². The molecular formula is C15H14N2O4S. The summed E-state index contributed by atoms with van der Waals surface area (Å²) in [4.78, 5) is 22.9. The van der Waals surface area contributed by atoms with Crippen molar-refractivity contribution in [2.45, 2.75) is 4.90 Å². The molecule has 0 atom stereocenters. The van der Waals surface area contributed by atoms with Gasteiger partial charge in [-0.25, -0.2) is 0 Å². The Hall–Kier alpha value is -2.54. The van der Waals surface area contributed by atoms with Gasteiger partial charge in [0.1, 0.15) is 5.75 Å². The van der Waals surface area contributed by atoms with Gasteiger partial charge in [-0.3, -0.25) is 14.9 Å². The monoisotopic (exact) mass is 318 g/mol. The minimum atomic E-state index is -0.491. The zero-order valence-electron chi connectivity index (χ0n) is 11.8. The van der Waals surface area contributed by atoms with Crippen molar-refractivity contribution < 1.29 is 14.5 Å². The summed E-state index contributed by atoms with van der Waals surface area (Å²) in [5.41, 5.74) is 0.667. The van der Waals surface area contributed by atoms with E-state index in [9.17, 15) is 14.9 Å². The lowest BCUT2D eigenvalue weighted by molar-refractivity contribution is -0.384. The Morgan fingerprint density at radius 3 is 2.36 bits per heavy atom. The number of non-ortho nitro benzene ring substituents is 1. The van der Waals surface area contributed by atoms with Gasteiger partial charge in [0.25, 0.3) is 11.6 Å². The van der Waals surface area contributed by atoms with E-state index in [1.54, 1.807) is 11.8 Å². The van der Waals surface area contributed by atoms with Crippen LogP contribution in [0.3, 0.4) is 0 Å². The van der Waals surface area contributed by atoms with E-state index >= 15 is 0 Å². The van der Waals surface area contributed by atoms with E-state index in [-0.39, 0.29) is 18.2 Å². The molecule has 0 spiro atoms. The number of thioether (sulfide) groups is 1. The number of nitro groups is 1. The zero-order valence-corrected chi connectivity index (χ0v) is 12.6. The normalized spacial score (nSPS) is 10.0. The average molecular weight is 318 g/mol. The number of carbonyl (C=O) groups excluding carboxylic acids is 1. The predicted octanol–water partition coefficient (Wildman–Crippen LogP) is 3.33. The van der Waals surface area contributed by atoms with Crippen LogP contribution >= 0.6 is 11.8 Å². The van der Waals surface area contributed by atoms with Crippen LogP contribution in [0.2, 0.25) is 0 Å². The largest absolute Gasteiger partial charge is 0.484 e. The number of carbonyl (C=O) groups is 1. The molecule has 2 rings (SSSR count). The quantitative estimate of drug-likeness (QED) is 0.502. The fourth-order valence-corrected chi connectivity index (χ4v) is 2.09. The minimum absolute atomic E-state index is 0.0225. The summed E-state index contributed by atoms with van der Waals surface area (Å²) < 4.78 is 5.28. The molecule has 22 heavy (non-hydrogen) atoms. The third-order valence-corrected chi connectivity index (χ3v) is 3.53. The van der Waals surface area contributed by atoms with Crippen LogP contribution in [-0.4, -0.2) is 23.7 Å². The molecule has 0 saturated carbocycles. The van der Waals surface area contributed by atoms with Crippen LogP contribution < -0.4 is 10.1 Å². The topological polar surface area (TPSA) is 81.5 Å².